The van der Waals surface area contributed by atoms with Gasteiger partial charge in [0.25, 0.3) is 21.9 Å². The topological polar surface area (TPSA) is 124 Å². The van der Waals surface area contributed by atoms with Gasteiger partial charge in [-0.05, 0) is 30.7 Å². The summed E-state index contributed by atoms with van der Waals surface area (Å²) in [6.07, 6.45) is 1.10. The number of hydrogen-bond donors (Lipinski definition) is 3. The quantitative estimate of drug-likeness (QED) is 0.510. The molecular weight excluding hydrogens is 312 g/mol. The standard InChI is InChI=1S/C13H14N2O6S/c1-8-6-9(2-3-11(8)22(19,20)21)14-10-7-12(17)15(4-5-16)13(10)18/h2-3,6-7,14,16H,4-5H2,1H3,(H,19,20,21). The van der Waals surface area contributed by atoms with Gasteiger partial charge in [-0.3, -0.25) is 19.0 Å². The average molecular weight is 326 g/mol. The van der Waals surface area contributed by atoms with Gasteiger partial charge in [-0.25, -0.2) is 0 Å². The van der Waals surface area contributed by atoms with Gasteiger partial charge in [0.15, 0.2) is 0 Å². The van der Waals surface area contributed by atoms with Crippen LogP contribution in [0.5, 0.6) is 0 Å². The van der Waals surface area contributed by atoms with Crippen molar-refractivity contribution in [2.75, 3.05) is 18.5 Å². The van der Waals surface area contributed by atoms with Crippen LogP contribution in [0.1, 0.15) is 5.56 Å². The van der Waals surface area contributed by atoms with Gasteiger partial charge < -0.3 is 10.4 Å². The molecule has 1 aliphatic heterocycles. The third-order valence-electron chi connectivity index (χ3n) is 3.06. The van der Waals surface area contributed by atoms with E-state index in [1.54, 1.807) is 0 Å². The second-order valence-corrected chi connectivity index (χ2v) is 6.05. The maximum atomic E-state index is 11.9. The van der Waals surface area contributed by atoms with Crippen LogP contribution in [0.25, 0.3) is 0 Å². The smallest absolute Gasteiger partial charge is 0.294 e. The lowest BCUT2D eigenvalue weighted by molar-refractivity contribution is -0.137. The number of amides is 2. The molecule has 8 nitrogen and oxygen atoms in total. The molecule has 9 heteroatoms. The van der Waals surface area contributed by atoms with Gasteiger partial charge in [0.2, 0.25) is 0 Å². The molecule has 22 heavy (non-hydrogen) atoms. The summed E-state index contributed by atoms with van der Waals surface area (Å²) in [4.78, 5) is 24.2. The molecule has 118 valence electrons. The normalized spacial score (nSPS) is 15.2. The van der Waals surface area contributed by atoms with Gasteiger partial charge in [-0.1, -0.05) is 0 Å². The van der Waals surface area contributed by atoms with Crippen LogP contribution >= 0.6 is 0 Å². The number of benzene rings is 1. The van der Waals surface area contributed by atoms with Crippen LogP contribution in [0.2, 0.25) is 0 Å². The zero-order valence-electron chi connectivity index (χ0n) is 11.6. The molecule has 0 radical (unpaired) electrons. The monoisotopic (exact) mass is 326 g/mol. The minimum atomic E-state index is -4.31. The van der Waals surface area contributed by atoms with E-state index in [-0.39, 0.29) is 29.3 Å². The second kappa shape index (κ2) is 5.87. The lowest BCUT2D eigenvalue weighted by Gasteiger charge is -2.14. The van der Waals surface area contributed by atoms with Crippen molar-refractivity contribution in [3.63, 3.8) is 0 Å². The van der Waals surface area contributed by atoms with Crippen LogP contribution in [-0.2, 0) is 19.7 Å². The van der Waals surface area contributed by atoms with Crippen molar-refractivity contribution in [2.45, 2.75) is 11.8 Å². The minimum absolute atomic E-state index is 0.0254. The summed E-state index contributed by atoms with van der Waals surface area (Å²) < 4.78 is 31.3. The number of carbonyl (C=O) groups is 2. The number of β-amino-alcohol motifs (C(OH)–C–C–N with tert-alkyl or cyclic N) is 1. The number of imide groups is 1. The van der Waals surface area contributed by atoms with Crippen LogP contribution in [0.3, 0.4) is 0 Å². The van der Waals surface area contributed by atoms with Gasteiger partial charge in [-0.2, -0.15) is 8.42 Å². The minimum Gasteiger partial charge on any atom is -0.395 e. The number of anilines is 1. The second-order valence-electron chi connectivity index (χ2n) is 4.66. The Morgan fingerprint density at radius 2 is 1.95 bits per heavy atom. The molecule has 0 fully saturated rings. The Morgan fingerprint density at radius 3 is 2.50 bits per heavy atom. The van der Waals surface area contributed by atoms with Crippen molar-refractivity contribution >= 4 is 27.6 Å². The van der Waals surface area contributed by atoms with Crippen LogP contribution in [0.4, 0.5) is 5.69 Å². The lowest BCUT2D eigenvalue weighted by Crippen LogP contribution is -2.34. The molecular formula is C13H14N2O6S. The molecule has 1 heterocycles. The van der Waals surface area contributed by atoms with Gasteiger partial charge in [0.05, 0.1) is 18.0 Å². The first-order valence-electron chi connectivity index (χ1n) is 6.27. The molecule has 0 bridgehead atoms. The first kappa shape index (κ1) is 16.1. The van der Waals surface area contributed by atoms with Crippen molar-refractivity contribution in [1.29, 1.82) is 0 Å². The number of hydrogen-bond acceptors (Lipinski definition) is 6. The fraction of sp³-hybridized carbons (Fsp3) is 0.231. The fourth-order valence-electron chi connectivity index (χ4n) is 2.08. The van der Waals surface area contributed by atoms with Crippen LogP contribution in [0, 0.1) is 6.92 Å². The Morgan fingerprint density at radius 1 is 1.27 bits per heavy atom. The van der Waals surface area contributed by atoms with Crippen molar-refractivity contribution in [3.05, 3.63) is 35.5 Å². The summed E-state index contributed by atoms with van der Waals surface area (Å²) in [5, 5.41) is 11.5. The van der Waals surface area contributed by atoms with E-state index in [2.05, 4.69) is 5.32 Å². The molecule has 2 amide bonds. The molecule has 1 aromatic rings. The van der Waals surface area contributed by atoms with Crippen molar-refractivity contribution in [3.8, 4) is 0 Å². The lowest BCUT2D eigenvalue weighted by atomic mass is 10.2. The maximum Gasteiger partial charge on any atom is 0.294 e. The highest BCUT2D eigenvalue weighted by molar-refractivity contribution is 7.85. The molecule has 0 aromatic heterocycles. The van der Waals surface area contributed by atoms with Gasteiger partial charge in [0.1, 0.15) is 5.70 Å². The Balaban J connectivity index is 2.22. The molecule has 0 aliphatic carbocycles. The summed E-state index contributed by atoms with van der Waals surface area (Å²) in [5.41, 5.74) is 0.706. The first-order chi connectivity index (χ1) is 10.2. The van der Waals surface area contributed by atoms with Gasteiger partial charge >= 0.3 is 0 Å². The third kappa shape index (κ3) is 3.16. The predicted molar refractivity (Wildman–Crippen MR) is 76.5 cm³/mol. The summed E-state index contributed by atoms with van der Waals surface area (Å²) in [6.45, 7) is 1.06. The molecule has 1 aliphatic rings. The van der Waals surface area contributed by atoms with E-state index in [0.29, 0.717) is 5.69 Å². The first-order valence-corrected chi connectivity index (χ1v) is 7.71. The summed E-state index contributed by atoms with van der Waals surface area (Å²) in [7, 11) is -4.31. The van der Waals surface area contributed by atoms with E-state index < -0.39 is 21.9 Å². The van der Waals surface area contributed by atoms with E-state index >= 15 is 0 Å². The van der Waals surface area contributed by atoms with Gasteiger partial charge in [-0.15, -0.1) is 0 Å². The van der Waals surface area contributed by atoms with Crippen LogP contribution in [0.15, 0.2) is 34.9 Å². The number of nitrogens with one attached hydrogen (secondary N) is 1. The van der Waals surface area contributed by atoms with E-state index in [9.17, 15) is 18.0 Å². The highest BCUT2D eigenvalue weighted by atomic mass is 32.2. The third-order valence-corrected chi connectivity index (χ3v) is 4.08. The van der Waals surface area contributed by atoms with Crippen molar-refractivity contribution in [1.82, 2.24) is 4.90 Å². The van der Waals surface area contributed by atoms with Crippen LogP contribution in [-0.4, -0.2) is 47.9 Å². The Hall–Kier alpha value is -2.23. The Kier molecular flexibility index (Phi) is 4.31. The average Bonchev–Trinajstić information content (AvgIpc) is 2.65. The summed E-state index contributed by atoms with van der Waals surface area (Å²) in [6, 6.07) is 3.99. The zero-order chi connectivity index (χ0) is 16.5. The largest absolute Gasteiger partial charge is 0.395 e. The number of carbonyl (C=O) groups excluding carboxylic acids is 2. The van der Waals surface area contributed by atoms with Crippen molar-refractivity contribution in [2.24, 2.45) is 0 Å². The molecule has 0 saturated heterocycles. The van der Waals surface area contributed by atoms with E-state index in [0.717, 1.165) is 11.0 Å². The molecule has 0 spiro atoms. The van der Waals surface area contributed by atoms with E-state index in [1.165, 1.54) is 25.1 Å². The number of rotatable bonds is 5. The molecule has 0 saturated carbocycles. The number of aliphatic hydroxyl groups is 1. The van der Waals surface area contributed by atoms with Crippen LogP contribution < -0.4 is 5.32 Å². The highest BCUT2D eigenvalue weighted by Gasteiger charge is 2.30. The highest BCUT2D eigenvalue weighted by Crippen LogP contribution is 2.22. The SMILES string of the molecule is Cc1cc(NC2=CC(=O)N(CCO)C2=O)ccc1S(=O)(=O)O. The number of nitrogens with zero attached hydrogens (tertiary/aromatic N) is 1. The Labute approximate surface area is 126 Å². The number of aryl methyl sites for hydroxylation is 1. The number of aliphatic hydroxyl groups excluding tert-OH is 1. The predicted octanol–water partition coefficient (Wildman–Crippen LogP) is -0.101. The molecule has 0 atom stereocenters. The molecule has 1 aromatic carbocycles. The fourth-order valence-corrected chi connectivity index (χ4v) is 2.79. The summed E-state index contributed by atoms with van der Waals surface area (Å²) >= 11 is 0. The van der Waals surface area contributed by atoms with E-state index in [4.69, 9.17) is 9.66 Å². The van der Waals surface area contributed by atoms with Gasteiger partial charge in [0, 0.05) is 11.8 Å². The summed E-state index contributed by atoms with van der Waals surface area (Å²) in [5.74, 6) is -1.11. The molecule has 2 rings (SSSR count). The molecule has 3 N–H and O–H groups in total. The maximum absolute atomic E-state index is 11.9. The zero-order valence-corrected chi connectivity index (χ0v) is 12.4. The Bertz CT molecular complexity index is 769. The van der Waals surface area contributed by atoms with Crippen molar-refractivity contribution < 1.29 is 27.7 Å². The van der Waals surface area contributed by atoms with E-state index in [1.807, 2.05) is 0 Å². The molecule has 0 unspecified atom stereocenters.